The lowest BCUT2D eigenvalue weighted by molar-refractivity contribution is 0.667. The highest BCUT2D eigenvalue weighted by Gasteiger charge is 2.39. The summed E-state index contributed by atoms with van der Waals surface area (Å²) in [6.07, 6.45) is 0. The summed E-state index contributed by atoms with van der Waals surface area (Å²) < 4.78 is 0. The first kappa shape index (κ1) is 24.5. The summed E-state index contributed by atoms with van der Waals surface area (Å²) in [7, 11) is 0. The molecule has 0 atom stereocenters. The van der Waals surface area contributed by atoms with E-state index in [1.165, 1.54) is 54.6 Å². The molecule has 5 aromatic rings. The first-order chi connectivity index (χ1) is 16.2. The Morgan fingerprint density at radius 1 is 0.424 bits per heavy atom. The van der Waals surface area contributed by atoms with E-state index < -0.39 is 0 Å². The van der Waals surface area contributed by atoms with Crippen LogP contribution in [0.15, 0.2) is 84.9 Å². The molecule has 0 radical (unpaired) electrons. The van der Waals surface area contributed by atoms with Crippen molar-refractivity contribution < 1.29 is 0 Å². The molecule has 0 aromatic heterocycles. The molecule has 0 N–H and O–H groups in total. The van der Waals surface area contributed by atoms with Crippen molar-refractivity contribution in [3.63, 3.8) is 0 Å². The molecule has 0 heteroatoms. The van der Waals surface area contributed by atoms with Gasteiger partial charge in [-0.3, -0.25) is 0 Å². The quantitative estimate of drug-likeness (QED) is 0.213. The van der Waals surface area contributed by atoms with E-state index in [1.807, 2.05) is 41.5 Å². The lowest BCUT2D eigenvalue weighted by Gasteiger charge is -2.24. The zero-order chi connectivity index (χ0) is 24.2. The second-order valence-electron chi connectivity index (χ2n) is 8.18. The van der Waals surface area contributed by atoms with Crippen LogP contribution in [-0.4, -0.2) is 0 Å². The second-order valence-corrected chi connectivity index (χ2v) is 8.18. The Hall–Kier alpha value is -3.12. The van der Waals surface area contributed by atoms with Gasteiger partial charge in [0.1, 0.15) is 0 Å². The van der Waals surface area contributed by atoms with Crippen molar-refractivity contribution >= 4 is 32.3 Å². The SMILES string of the molecule is CC.CC.CC.CC1(C)c2ccc3ccccc3c2-c2c1c1ccccc1c1ccccc21. The van der Waals surface area contributed by atoms with Crippen LogP contribution in [0, 0.1) is 0 Å². The largest absolute Gasteiger partial charge is 0.0683 e. The normalized spacial score (nSPS) is 12.5. The van der Waals surface area contributed by atoms with Gasteiger partial charge in [0, 0.05) is 5.41 Å². The highest BCUT2D eigenvalue weighted by molar-refractivity contribution is 6.21. The summed E-state index contributed by atoms with van der Waals surface area (Å²) in [5, 5.41) is 8.14. The molecule has 0 saturated carbocycles. The van der Waals surface area contributed by atoms with Gasteiger partial charge in [0.25, 0.3) is 0 Å². The predicted molar refractivity (Wildman–Crippen MR) is 151 cm³/mol. The van der Waals surface area contributed by atoms with Crippen molar-refractivity contribution in [1.29, 1.82) is 0 Å². The topological polar surface area (TPSA) is 0 Å². The maximum absolute atomic E-state index is 2.38. The fourth-order valence-corrected chi connectivity index (χ4v) is 5.25. The fraction of sp³-hybridized carbons (Fsp3) is 0.273. The molecule has 0 saturated heterocycles. The maximum Gasteiger partial charge on any atom is 0.0165 e. The maximum atomic E-state index is 2.38. The highest BCUT2D eigenvalue weighted by atomic mass is 14.4. The number of benzene rings is 5. The van der Waals surface area contributed by atoms with Crippen LogP contribution in [0.25, 0.3) is 43.4 Å². The third-order valence-electron chi connectivity index (χ3n) is 6.41. The molecule has 0 spiro atoms. The zero-order valence-corrected chi connectivity index (χ0v) is 21.6. The molecular formula is C33H38. The smallest absolute Gasteiger partial charge is 0.0165 e. The van der Waals surface area contributed by atoms with Crippen molar-refractivity contribution in [3.05, 3.63) is 96.1 Å². The molecular weight excluding hydrogens is 396 g/mol. The molecule has 0 heterocycles. The third-order valence-corrected chi connectivity index (χ3v) is 6.41. The minimum atomic E-state index is -0.0155. The van der Waals surface area contributed by atoms with Gasteiger partial charge in [-0.15, -0.1) is 0 Å². The summed E-state index contributed by atoms with van der Waals surface area (Å²) in [4.78, 5) is 0. The molecule has 0 fully saturated rings. The van der Waals surface area contributed by atoms with Crippen molar-refractivity contribution in [2.45, 2.75) is 60.8 Å². The van der Waals surface area contributed by atoms with Crippen LogP contribution in [0.2, 0.25) is 0 Å². The second kappa shape index (κ2) is 10.2. The molecule has 33 heavy (non-hydrogen) atoms. The Morgan fingerprint density at radius 2 is 0.879 bits per heavy atom. The monoisotopic (exact) mass is 434 g/mol. The van der Waals surface area contributed by atoms with E-state index in [0.717, 1.165) is 0 Å². The van der Waals surface area contributed by atoms with Gasteiger partial charge in [-0.25, -0.2) is 0 Å². The summed E-state index contributed by atoms with van der Waals surface area (Å²) in [6.45, 7) is 16.8. The molecule has 170 valence electrons. The molecule has 0 aliphatic heterocycles. The molecule has 0 nitrogen and oxygen atoms in total. The Kier molecular flexibility index (Phi) is 7.59. The zero-order valence-electron chi connectivity index (χ0n) is 21.6. The average molecular weight is 435 g/mol. The van der Waals surface area contributed by atoms with E-state index in [4.69, 9.17) is 0 Å². The number of hydrogen-bond acceptors (Lipinski definition) is 0. The van der Waals surface area contributed by atoms with Crippen molar-refractivity contribution in [3.8, 4) is 11.1 Å². The van der Waals surface area contributed by atoms with E-state index in [-0.39, 0.29) is 5.41 Å². The minimum Gasteiger partial charge on any atom is -0.0683 e. The summed E-state index contributed by atoms with van der Waals surface area (Å²) in [5.41, 5.74) is 5.76. The van der Waals surface area contributed by atoms with Gasteiger partial charge in [-0.1, -0.05) is 140 Å². The minimum absolute atomic E-state index is 0.0155. The summed E-state index contributed by atoms with van der Waals surface area (Å²) in [5.74, 6) is 0. The van der Waals surface area contributed by atoms with Gasteiger partial charge in [0.2, 0.25) is 0 Å². The highest BCUT2D eigenvalue weighted by Crippen LogP contribution is 2.56. The van der Waals surface area contributed by atoms with Gasteiger partial charge in [0.15, 0.2) is 0 Å². The molecule has 1 aliphatic rings. The first-order valence-electron chi connectivity index (χ1n) is 12.6. The van der Waals surface area contributed by atoms with Gasteiger partial charge in [-0.05, 0) is 54.6 Å². The number of hydrogen-bond donors (Lipinski definition) is 0. The molecule has 0 amide bonds. The molecule has 6 rings (SSSR count). The van der Waals surface area contributed by atoms with Gasteiger partial charge in [-0.2, -0.15) is 0 Å². The van der Waals surface area contributed by atoms with E-state index in [1.54, 1.807) is 0 Å². The van der Waals surface area contributed by atoms with Gasteiger partial charge >= 0.3 is 0 Å². The van der Waals surface area contributed by atoms with Crippen LogP contribution >= 0.6 is 0 Å². The van der Waals surface area contributed by atoms with Crippen molar-refractivity contribution in [1.82, 2.24) is 0 Å². The standard InChI is InChI=1S/C27H20.3C2H6/c1-27(2)23-16-15-17-9-3-4-10-18(17)24(23)25-21-13-7-5-11-19(21)20-12-6-8-14-22(20)26(25)27;3*1-2/h3-16H,1-2H3;3*1-2H3. The molecule has 5 aromatic carbocycles. The van der Waals surface area contributed by atoms with Gasteiger partial charge in [0.05, 0.1) is 0 Å². The number of rotatable bonds is 0. The summed E-state index contributed by atoms with van der Waals surface area (Å²) in [6, 6.07) is 31.2. The molecule has 1 aliphatic carbocycles. The van der Waals surface area contributed by atoms with Crippen LogP contribution in [-0.2, 0) is 5.41 Å². The van der Waals surface area contributed by atoms with E-state index in [9.17, 15) is 0 Å². The van der Waals surface area contributed by atoms with Crippen molar-refractivity contribution in [2.24, 2.45) is 0 Å². The lowest BCUT2D eigenvalue weighted by atomic mass is 9.79. The number of fused-ring (bicyclic) bond motifs is 10. The molecule has 0 bridgehead atoms. The van der Waals surface area contributed by atoms with E-state index in [0.29, 0.717) is 0 Å². The van der Waals surface area contributed by atoms with Crippen LogP contribution < -0.4 is 0 Å². The van der Waals surface area contributed by atoms with Crippen LogP contribution in [0.4, 0.5) is 0 Å². The lowest BCUT2D eigenvalue weighted by Crippen LogP contribution is -2.15. The Labute approximate surface area is 200 Å². The fourth-order valence-electron chi connectivity index (χ4n) is 5.25. The van der Waals surface area contributed by atoms with E-state index in [2.05, 4.69) is 98.8 Å². The van der Waals surface area contributed by atoms with Crippen molar-refractivity contribution in [2.75, 3.05) is 0 Å². The first-order valence-corrected chi connectivity index (χ1v) is 12.6. The third kappa shape index (κ3) is 3.72. The van der Waals surface area contributed by atoms with Crippen LogP contribution in [0.1, 0.15) is 66.5 Å². The van der Waals surface area contributed by atoms with E-state index >= 15 is 0 Å². The Bertz CT molecular complexity index is 1390. The predicted octanol–water partition coefficient (Wildman–Crippen LogP) is 10.5. The van der Waals surface area contributed by atoms with Gasteiger partial charge < -0.3 is 0 Å². The Balaban J connectivity index is 0.000000475. The Morgan fingerprint density at radius 3 is 1.48 bits per heavy atom. The summed E-state index contributed by atoms with van der Waals surface area (Å²) >= 11 is 0. The van der Waals surface area contributed by atoms with Crippen LogP contribution in [0.3, 0.4) is 0 Å². The molecule has 0 unspecified atom stereocenters. The average Bonchev–Trinajstić information content (AvgIpc) is 3.15. The van der Waals surface area contributed by atoms with Crippen LogP contribution in [0.5, 0.6) is 0 Å².